The van der Waals surface area contributed by atoms with Gasteiger partial charge < -0.3 is 5.32 Å². The van der Waals surface area contributed by atoms with Crippen molar-refractivity contribution in [1.82, 2.24) is 0 Å². The molecule has 5 nitrogen and oxygen atoms in total. The fourth-order valence-corrected chi connectivity index (χ4v) is 4.97. The summed E-state index contributed by atoms with van der Waals surface area (Å²) in [6.07, 6.45) is 0.964. The number of aryl methyl sites for hydroxylation is 1. The van der Waals surface area contributed by atoms with Crippen molar-refractivity contribution in [3.05, 3.63) is 59.7 Å². The minimum absolute atomic E-state index is 0.0895. The molecule has 1 amide bonds. The van der Waals surface area contributed by atoms with Crippen molar-refractivity contribution in [1.29, 1.82) is 0 Å². The molecule has 0 unspecified atom stereocenters. The minimum atomic E-state index is -3.24. The Labute approximate surface area is 161 Å². The van der Waals surface area contributed by atoms with Crippen LogP contribution < -0.4 is 9.62 Å². The first kappa shape index (κ1) is 19.4. The van der Waals surface area contributed by atoms with E-state index in [0.29, 0.717) is 30.8 Å². The molecule has 0 radical (unpaired) electrons. The summed E-state index contributed by atoms with van der Waals surface area (Å²) in [5.74, 6) is 0.0850. The molecule has 0 aromatic heterocycles. The standard InChI is InChI=1S/C21H26N2O3S/c1-16-10-11-18(23-12-7-13-27(23,25)26)14-19(16)22-20(24)15-21(2,3)17-8-5-4-6-9-17/h4-6,8-11,14H,7,12-13,15H2,1-3H3,(H,22,24). The van der Waals surface area contributed by atoms with Crippen LogP contribution in [-0.2, 0) is 20.2 Å². The topological polar surface area (TPSA) is 66.5 Å². The molecule has 1 saturated heterocycles. The van der Waals surface area contributed by atoms with Gasteiger partial charge in [0.15, 0.2) is 0 Å². The molecule has 0 bridgehead atoms. The van der Waals surface area contributed by atoms with Crippen LogP contribution in [0.4, 0.5) is 11.4 Å². The van der Waals surface area contributed by atoms with Crippen LogP contribution in [0.2, 0.25) is 0 Å². The summed E-state index contributed by atoms with van der Waals surface area (Å²) < 4.78 is 25.8. The zero-order chi connectivity index (χ0) is 19.7. The van der Waals surface area contributed by atoms with Crippen molar-refractivity contribution in [2.75, 3.05) is 21.9 Å². The van der Waals surface area contributed by atoms with Gasteiger partial charge in [-0.15, -0.1) is 0 Å². The number of sulfonamides is 1. The maximum atomic E-state index is 12.7. The molecule has 0 saturated carbocycles. The first-order valence-corrected chi connectivity index (χ1v) is 10.8. The summed E-state index contributed by atoms with van der Waals surface area (Å²) in [7, 11) is -3.24. The number of amides is 1. The highest BCUT2D eigenvalue weighted by Gasteiger charge is 2.29. The molecule has 1 fully saturated rings. The van der Waals surface area contributed by atoms with Gasteiger partial charge in [0, 0.05) is 18.7 Å². The third-order valence-corrected chi connectivity index (χ3v) is 6.91. The predicted molar refractivity (Wildman–Crippen MR) is 110 cm³/mol. The maximum Gasteiger partial charge on any atom is 0.235 e. The first-order chi connectivity index (χ1) is 12.7. The van der Waals surface area contributed by atoms with Crippen LogP contribution in [0.25, 0.3) is 0 Å². The van der Waals surface area contributed by atoms with E-state index < -0.39 is 10.0 Å². The monoisotopic (exact) mass is 386 g/mol. The number of carbonyl (C=O) groups is 1. The molecule has 6 heteroatoms. The number of carbonyl (C=O) groups excluding carboxylic acids is 1. The zero-order valence-electron chi connectivity index (χ0n) is 16.0. The highest BCUT2D eigenvalue weighted by Crippen LogP contribution is 2.30. The lowest BCUT2D eigenvalue weighted by Crippen LogP contribution is -2.27. The van der Waals surface area contributed by atoms with Crippen molar-refractivity contribution < 1.29 is 13.2 Å². The van der Waals surface area contributed by atoms with Gasteiger partial charge in [-0.25, -0.2) is 8.42 Å². The van der Waals surface area contributed by atoms with E-state index >= 15 is 0 Å². The molecule has 0 spiro atoms. The Balaban J connectivity index is 1.77. The van der Waals surface area contributed by atoms with E-state index in [0.717, 1.165) is 11.1 Å². The molecule has 1 aliphatic heterocycles. The lowest BCUT2D eigenvalue weighted by molar-refractivity contribution is -0.117. The summed E-state index contributed by atoms with van der Waals surface area (Å²) in [6, 6.07) is 15.3. The third-order valence-electron chi connectivity index (χ3n) is 5.04. The van der Waals surface area contributed by atoms with Gasteiger partial charge in [-0.1, -0.05) is 50.2 Å². The molecule has 0 atom stereocenters. The van der Waals surface area contributed by atoms with E-state index in [-0.39, 0.29) is 17.1 Å². The Bertz CT molecular complexity index is 937. The van der Waals surface area contributed by atoms with Gasteiger partial charge in [-0.2, -0.15) is 0 Å². The molecule has 27 heavy (non-hydrogen) atoms. The predicted octanol–water partition coefficient (Wildman–Crippen LogP) is 3.84. The summed E-state index contributed by atoms with van der Waals surface area (Å²) >= 11 is 0. The van der Waals surface area contributed by atoms with Crippen molar-refractivity contribution in [3.8, 4) is 0 Å². The SMILES string of the molecule is Cc1ccc(N2CCCS2(=O)=O)cc1NC(=O)CC(C)(C)c1ccccc1. The third kappa shape index (κ3) is 4.33. The quantitative estimate of drug-likeness (QED) is 0.849. The molecular formula is C21H26N2O3S. The first-order valence-electron chi connectivity index (χ1n) is 9.15. The maximum absolute atomic E-state index is 12.7. The van der Waals surface area contributed by atoms with E-state index in [1.54, 1.807) is 12.1 Å². The van der Waals surface area contributed by atoms with Crippen LogP contribution in [0, 0.1) is 6.92 Å². The Morgan fingerprint density at radius 2 is 1.85 bits per heavy atom. The normalized spacial score (nSPS) is 16.3. The molecule has 1 aliphatic rings. The number of hydrogen-bond donors (Lipinski definition) is 1. The molecular weight excluding hydrogens is 360 g/mol. The summed E-state index contributed by atoms with van der Waals surface area (Å²) in [5.41, 5.74) is 2.98. The van der Waals surface area contributed by atoms with Gasteiger partial charge in [0.2, 0.25) is 15.9 Å². The van der Waals surface area contributed by atoms with E-state index in [9.17, 15) is 13.2 Å². The van der Waals surface area contributed by atoms with E-state index in [1.165, 1.54) is 4.31 Å². The average molecular weight is 387 g/mol. The second-order valence-corrected chi connectivity index (χ2v) is 9.73. The highest BCUT2D eigenvalue weighted by atomic mass is 32.2. The van der Waals surface area contributed by atoms with Crippen LogP contribution in [0.5, 0.6) is 0 Å². The van der Waals surface area contributed by atoms with Crippen molar-refractivity contribution in [3.63, 3.8) is 0 Å². The van der Waals surface area contributed by atoms with Crippen LogP contribution in [-0.4, -0.2) is 26.6 Å². The summed E-state index contributed by atoms with van der Waals surface area (Å²) in [6.45, 7) is 6.48. The van der Waals surface area contributed by atoms with Crippen molar-refractivity contribution in [2.45, 2.75) is 39.0 Å². The molecule has 3 rings (SSSR count). The molecule has 0 aliphatic carbocycles. The van der Waals surface area contributed by atoms with Gasteiger partial charge in [-0.3, -0.25) is 9.10 Å². The van der Waals surface area contributed by atoms with Gasteiger partial charge >= 0.3 is 0 Å². The molecule has 1 heterocycles. The van der Waals surface area contributed by atoms with Gasteiger partial charge in [-0.05, 0) is 42.0 Å². The number of anilines is 2. The Hall–Kier alpha value is -2.34. The Morgan fingerprint density at radius 3 is 2.48 bits per heavy atom. The minimum Gasteiger partial charge on any atom is -0.326 e. The van der Waals surface area contributed by atoms with Crippen LogP contribution in [0.3, 0.4) is 0 Å². The second kappa shape index (κ2) is 7.35. The Kier molecular flexibility index (Phi) is 5.29. The lowest BCUT2D eigenvalue weighted by Gasteiger charge is -2.25. The van der Waals surface area contributed by atoms with Gasteiger partial charge in [0.25, 0.3) is 0 Å². The number of hydrogen-bond acceptors (Lipinski definition) is 3. The summed E-state index contributed by atoms with van der Waals surface area (Å²) in [5, 5.41) is 2.97. The number of nitrogens with one attached hydrogen (secondary N) is 1. The fourth-order valence-electron chi connectivity index (χ4n) is 3.42. The van der Waals surface area contributed by atoms with Crippen LogP contribution in [0.1, 0.15) is 37.8 Å². The fraction of sp³-hybridized carbons (Fsp3) is 0.381. The van der Waals surface area contributed by atoms with Gasteiger partial charge in [0.1, 0.15) is 0 Å². The van der Waals surface area contributed by atoms with Crippen LogP contribution >= 0.6 is 0 Å². The van der Waals surface area contributed by atoms with E-state index in [2.05, 4.69) is 5.32 Å². The van der Waals surface area contributed by atoms with E-state index in [1.807, 2.05) is 57.2 Å². The molecule has 2 aromatic rings. The van der Waals surface area contributed by atoms with Gasteiger partial charge in [0.05, 0.1) is 11.4 Å². The van der Waals surface area contributed by atoms with Crippen molar-refractivity contribution in [2.24, 2.45) is 0 Å². The highest BCUT2D eigenvalue weighted by molar-refractivity contribution is 7.93. The Morgan fingerprint density at radius 1 is 1.15 bits per heavy atom. The second-order valence-electron chi connectivity index (χ2n) is 7.72. The summed E-state index contributed by atoms with van der Waals surface area (Å²) in [4.78, 5) is 12.7. The van der Waals surface area contributed by atoms with E-state index in [4.69, 9.17) is 0 Å². The number of rotatable bonds is 5. The molecule has 144 valence electrons. The smallest absolute Gasteiger partial charge is 0.235 e. The molecule has 1 N–H and O–H groups in total. The molecule has 2 aromatic carbocycles. The lowest BCUT2D eigenvalue weighted by atomic mass is 9.81. The largest absolute Gasteiger partial charge is 0.326 e. The number of nitrogens with zero attached hydrogens (tertiary/aromatic N) is 1. The van der Waals surface area contributed by atoms with Crippen molar-refractivity contribution >= 4 is 27.3 Å². The zero-order valence-corrected chi connectivity index (χ0v) is 16.8. The van der Waals surface area contributed by atoms with Crippen LogP contribution in [0.15, 0.2) is 48.5 Å². The average Bonchev–Trinajstić information content (AvgIpc) is 2.96. The number of benzene rings is 2.